The third-order valence-electron chi connectivity index (χ3n) is 4.57. The van der Waals surface area contributed by atoms with Crippen LogP contribution in [0.3, 0.4) is 0 Å². The van der Waals surface area contributed by atoms with Gasteiger partial charge in [0.05, 0.1) is 0 Å². The van der Waals surface area contributed by atoms with Gasteiger partial charge in [-0.25, -0.2) is 8.78 Å². The van der Waals surface area contributed by atoms with Crippen molar-refractivity contribution in [2.24, 2.45) is 0 Å². The third-order valence-corrected chi connectivity index (χ3v) is 7.35. The molecule has 0 heterocycles. The van der Waals surface area contributed by atoms with Crippen LogP contribution in [0.25, 0.3) is 0 Å². The van der Waals surface area contributed by atoms with Crippen LogP contribution in [0.15, 0.2) is 0 Å². The number of rotatable bonds is 0. The van der Waals surface area contributed by atoms with Crippen molar-refractivity contribution in [1.29, 1.82) is 0 Å². The van der Waals surface area contributed by atoms with E-state index in [1.807, 2.05) is 0 Å². The maximum atomic E-state index is 14.8. The van der Waals surface area contributed by atoms with Gasteiger partial charge in [-0.1, -0.05) is 34.8 Å². The van der Waals surface area contributed by atoms with Crippen LogP contribution in [0.5, 0.6) is 0 Å². The Morgan fingerprint density at radius 2 is 0.643 bits per heavy atom. The fourth-order valence-corrected chi connectivity index (χ4v) is 4.44. The maximum absolute atomic E-state index is 14.8. The molecule has 0 saturated heterocycles. The van der Waals surface area contributed by atoms with Crippen molar-refractivity contribution in [3.05, 3.63) is 0 Å². The summed E-state index contributed by atoms with van der Waals surface area (Å²) in [4.78, 5) is -6.56. The van der Waals surface area contributed by atoms with Crippen LogP contribution in [0.1, 0.15) is 0 Å². The van der Waals surface area contributed by atoms with Crippen LogP contribution in [0.4, 0.5) is 61.5 Å². The zero-order valence-electron chi connectivity index (χ0n) is 11.8. The summed E-state index contributed by atoms with van der Waals surface area (Å²) in [5.41, 5.74) is -7.57. The third kappa shape index (κ3) is 1.69. The number of alkyl halides is 18. The molecule has 2 aliphatic carbocycles. The molecule has 0 bridgehead atoms. The van der Waals surface area contributed by atoms with E-state index in [1.165, 1.54) is 0 Å². The normalized spacial score (nSPS) is 46.5. The van der Waals surface area contributed by atoms with Gasteiger partial charge < -0.3 is 0 Å². The van der Waals surface area contributed by atoms with Crippen LogP contribution in [0.2, 0.25) is 0 Å². The Morgan fingerprint density at radius 1 is 0.357 bits per heavy atom. The lowest BCUT2D eigenvalue weighted by molar-refractivity contribution is -0.486. The molecule has 0 N–H and O–H groups in total. The standard InChI is InChI=1S/C10Cl4F14/c11-1-2(15,6(19,20)8(23,24)4(14,16)3(1,12)13)7(21,22)10(27,28)9(25,26)5(1,17)18. The van der Waals surface area contributed by atoms with Crippen LogP contribution in [-0.4, -0.2) is 55.5 Å². The molecule has 0 aromatic heterocycles. The monoisotopic (exact) mass is 526 g/mol. The molecule has 18 heteroatoms. The van der Waals surface area contributed by atoms with Gasteiger partial charge in [0.15, 0.2) is 4.87 Å². The quantitative estimate of drug-likeness (QED) is 0.246. The van der Waals surface area contributed by atoms with Crippen LogP contribution < -0.4 is 0 Å². The summed E-state index contributed by atoms with van der Waals surface area (Å²) in [5, 5.41) is -6.15. The van der Waals surface area contributed by atoms with Crippen molar-refractivity contribution in [2.75, 3.05) is 0 Å². The molecule has 3 unspecified atom stereocenters. The van der Waals surface area contributed by atoms with Crippen molar-refractivity contribution in [3.8, 4) is 0 Å². The van der Waals surface area contributed by atoms with E-state index in [4.69, 9.17) is 0 Å². The fraction of sp³-hybridized carbons (Fsp3) is 1.00. The number of hydrogen-bond donors (Lipinski definition) is 0. The van der Waals surface area contributed by atoms with Gasteiger partial charge in [-0.2, -0.15) is 52.7 Å². The van der Waals surface area contributed by atoms with E-state index < -0.39 is 55.5 Å². The minimum atomic E-state index is -7.82. The lowest BCUT2D eigenvalue weighted by Gasteiger charge is -2.66. The molecule has 0 aromatic rings. The van der Waals surface area contributed by atoms with E-state index in [0.717, 1.165) is 0 Å². The number of halogens is 18. The molecule has 2 aliphatic rings. The first-order valence-electron chi connectivity index (χ1n) is 6.15. The van der Waals surface area contributed by atoms with Crippen molar-refractivity contribution in [3.63, 3.8) is 0 Å². The fourth-order valence-electron chi connectivity index (χ4n) is 2.91. The predicted octanol–water partition coefficient (Wildman–Crippen LogP) is 6.59. The van der Waals surface area contributed by atoms with Gasteiger partial charge >= 0.3 is 35.5 Å². The van der Waals surface area contributed by atoms with Gasteiger partial charge in [-0.15, -0.1) is 11.6 Å². The summed E-state index contributed by atoms with van der Waals surface area (Å²) in [7, 11) is 0. The van der Waals surface area contributed by atoms with E-state index in [0.29, 0.717) is 0 Å². The Kier molecular flexibility index (Phi) is 4.49. The van der Waals surface area contributed by atoms with Gasteiger partial charge in [0.1, 0.15) is 0 Å². The predicted molar refractivity (Wildman–Crippen MR) is 66.2 cm³/mol. The first-order chi connectivity index (χ1) is 11.8. The molecule has 0 aromatic carbocycles. The molecule has 0 nitrogen and oxygen atoms in total. The molecule has 166 valence electrons. The molecule has 28 heavy (non-hydrogen) atoms. The van der Waals surface area contributed by atoms with E-state index in [1.54, 1.807) is 0 Å². The molecular formula is C10Cl4F14. The van der Waals surface area contributed by atoms with Crippen molar-refractivity contribution < 1.29 is 61.5 Å². The van der Waals surface area contributed by atoms with Gasteiger partial charge in [0.2, 0.25) is 4.33 Å². The summed E-state index contributed by atoms with van der Waals surface area (Å²) in [6, 6.07) is 0. The Bertz CT molecular complexity index is 601. The maximum Gasteiger partial charge on any atom is 0.381 e. The highest BCUT2D eigenvalue weighted by molar-refractivity contribution is 6.58. The van der Waals surface area contributed by atoms with E-state index >= 15 is 0 Å². The second-order valence-electron chi connectivity index (χ2n) is 5.91. The Morgan fingerprint density at radius 3 is 1.00 bits per heavy atom. The SMILES string of the molecule is FC1(F)C(F)(F)C(F)(F)C2(Cl)C(Cl)(Cl)C(F)(Cl)C(F)(F)C(F)(F)C2(F)C1(F)F. The Hall–Kier alpha value is 0.180. The van der Waals surface area contributed by atoms with Gasteiger partial charge in [0.25, 0.3) is 10.8 Å². The summed E-state index contributed by atoms with van der Waals surface area (Å²) >= 11 is 17.9. The van der Waals surface area contributed by atoms with Gasteiger partial charge in [-0.3, -0.25) is 0 Å². The molecular weight excluding hydrogens is 528 g/mol. The Balaban J connectivity index is 3.23. The van der Waals surface area contributed by atoms with Crippen molar-refractivity contribution in [2.45, 2.75) is 55.5 Å². The van der Waals surface area contributed by atoms with Crippen molar-refractivity contribution >= 4 is 46.4 Å². The molecule has 2 saturated carbocycles. The number of fused-ring (bicyclic) bond motifs is 1. The topological polar surface area (TPSA) is 0 Å². The van der Waals surface area contributed by atoms with Crippen molar-refractivity contribution in [1.82, 2.24) is 0 Å². The van der Waals surface area contributed by atoms with Crippen LogP contribution in [0, 0.1) is 0 Å². The lowest BCUT2D eigenvalue weighted by atomic mass is 9.57. The average molecular weight is 528 g/mol. The highest BCUT2D eigenvalue weighted by Gasteiger charge is 3.11. The lowest BCUT2D eigenvalue weighted by Crippen LogP contribution is -2.97. The van der Waals surface area contributed by atoms with Gasteiger partial charge in [-0.05, 0) is 0 Å². The second-order valence-corrected chi connectivity index (χ2v) is 8.33. The van der Waals surface area contributed by atoms with Gasteiger partial charge in [0, 0.05) is 0 Å². The molecule has 3 atom stereocenters. The number of hydrogen-bond acceptors (Lipinski definition) is 0. The van der Waals surface area contributed by atoms with Crippen LogP contribution in [-0.2, 0) is 0 Å². The summed E-state index contributed by atoms with van der Waals surface area (Å²) < 4.78 is 189. The van der Waals surface area contributed by atoms with E-state index in [2.05, 4.69) is 46.4 Å². The first kappa shape index (κ1) is 24.4. The van der Waals surface area contributed by atoms with Crippen LogP contribution >= 0.6 is 46.4 Å². The van der Waals surface area contributed by atoms with E-state index in [-0.39, 0.29) is 0 Å². The largest absolute Gasteiger partial charge is 0.381 e. The highest BCUT2D eigenvalue weighted by Crippen LogP contribution is 2.82. The average Bonchev–Trinajstić information content (AvgIpc) is 2.49. The summed E-state index contributed by atoms with van der Waals surface area (Å²) in [5.74, 6) is -45.4. The zero-order chi connectivity index (χ0) is 23.0. The second kappa shape index (κ2) is 5.14. The Labute approximate surface area is 164 Å². The minimum Gasteiger partial charge on any atom is -0.227 e. The smallest absolute Gasteiger partial charge is 0.227 e. The minimum absolute atomic E-state index is 4.27. The molecule has 0 radical (unpaired) electrons. The first-order valence-corrected chi connectivity index (χ1v) is 7.66. The molecule has 2 rings (SSSR count). The summed E-state index contributed by atoms with van der Waals surface area (Å²) in [6.45, 7) is 0. The molecule has 0 spiro atoms. The molecule has 0 aliphatic heterocycles. The zero-order valence-corrected chi connectivity index (χ0v) is 14.8. The molecule has 2 fully saturated rings. The summed E-state index contributed by atoms with van der Waals surface area (Å²) in [6.07, 6.45) is 0. The highest BCUT2D eigenvalue weighted by atomic mass is 35.5. The molecule has 0 amide bonds. The van der Waals surface area contributed by atoms with E-state index in [9.17, 15) is 61.5 Å².